The van der Waals surface area contributed by atoms with Gasteiger partial charge in [-0.15, -0.1) is 0 Å². The molecule has 0 bridgehead atoms. The minimum Gasteiger partial charge on any atom is -0.390 e. The van der Waals surface area contributed by atoms with E-state index < -0.39 is 60.1 Å². The number of phosphoric ester groups is 1. The Kier molecular flexibility index (Phi) is 8.41. The summed E-state index contributed by atoms with van der Waals surface area (Å²) >= 11 is 0. The second kappa shape index (κ2) is 10.1. The summed E-state index contributed by atoms with van der Waals surface area (Å²) in [5.74, 6) is 2.22. The van der Waals surface area contributed by atoms with Gasteiger partial charge < -0.3 is 40.9 Å². The summed E-state index contributed by atoms with van der Waals surface area (Å²) in [6.07, 6.45) is -5.01. The van der Waals surface area contributed by atoms with Crippen LogP contribution in [-0.2, 0) is 31.6 Å². The van der Waals surface area contributed by atoms with Gasteiger partial charge in [-0.2, -0.15) is 13.6 Å². The average molecular weight is 520 g/mol. The Morgan fingerprint density at radius 1 is 1.25 bits per heavy atom. The monoisotopic (exact) mass is 520 g/mol. The molecule has 1 saturated heterocycles. The van der Waals surface area contributed by atoms with Crippen molar-refractivity contribution in [1.29, 1.82) is 0 Å². The van der Waals surface area contributed by atoms with Crippen LogP contribution in [0.2, 0.25) is 0 Å². The lowest BCUT2D eigenvalue weighted by molar-refractivity contribution is -0.0786. The number of ether oxygens (including phenoxy) is 1. The first kappa shape index (κ1) is 26.6. The molecule has 3 unspecified atom stereocenters. The lowest BCUT2D eigenvalue weighted by Crippen LogP contribution is -2.36. The van der Waals surface area contributed by atoms with E-state index >= 15 is 0 Å². The molecule has 1 aromatic heterocycles. The molecule has 2 rings (SSSR count). The Labute approximate surface area is 179 Å². The van der Waals surface area contributed by atoms with Crippen molar-refractivity contribution in [2.24, 2.45) is 5.73 Å². The largest absolute Gasteiger partial charge is 0.490 e. The van der Waals surface area contributed by atoms with Crippen molar-refractivity contribution < 1.29 is 56.3 Å². The lowest BCUT2D eigenvalue weighted by atomic mass is 10.1. The number of hydrogen-bond donors (Lipinski definition) is 7. The van der Waals surface area contributed by atoms with Gasteiger partial charge in [0.25, 0.3) is 0 Å². The fraction of sp³-hybridized carbons (Fsp3) is 0.500. The number of aromatic nitrogens is 2. The molecule has 17 nitrogen and oxygen atoms in total. The number of phosphoric acid groups is 3. The molecule has 0 aromatic carbocycles. The van der Waals surface area contributed by atoms with Crippen LogP contribution in [0.4, 0.5) is 5.82 Å². The van der Waals surface area contributed by atoms with Crippen molar-refractivity contribution in [1.82, 2.24) is 9.55 Å². The topological polar surface area (TPSA) is 276 Å². The van der Waals surface area contributed by atoms with Gasteiger partial charge in [-0.3, -0.25) is 9.09 Å². The van der Waals surface area contributed by atoms with E-state index in [-0.39, 0.29) is 12.2 Å². The van der Waals surface area contributed by atoms with Crippen molar-refractivity contribution in [2.45, 2.75) is 37.4 Å². The van der Waals surface area contributed by atoms with Crippen LogP contribution in [0, 0.1) is 12.0 Å². The van der Waals surface area contributed by atoms with Crippen LogP contribution in [0.3, 0.4) is 0 Å². The minimum atomic E-state index is -5.77. The summed E-state index contributed by atoms with van der Waals surface area (Å²) in [7, 11) is -16.9. The van der Waals surface area contributed by atoms with Crippen LogP contribution >= 0.6 is 23.5 Å². The van der Waals surface area contributed by atoms with Crippen LogP contribution < -0.4 is 17.2 Å². The van der Waals surface area contributed by atoms with Crippen LogP contribution in [0.15, 0.2) is 17.1 Å². The van der Waals surface area contributed by atoms with Crippen molar-refractivity contribution in [2.75, 3.05) is 5.73 Å². The third kappa shape index (κ3) is 7.75. The number of anilines is 1. The summed E-state index contributed by atoms with van der Waals surface area (Å²) in [5, 5.41) is 10.3. The zero-order valence-electron chi connectivity index (χ0n) is 15.8. The normalized spacial score (nSPS) is 25.8. The molecule has 0 saturated carbocycles. The zero-order valence-corrected chi connectivity index (χ0v) is 18.5. The van der Waals surface area contributed by atoms with Crippen LogP contribution in [0.5, 0.6) is 0 Å². The first-order valence-electron chi connectivity index (χ1n) is 8.31. The first-order valence-corrected chi connectivity index (χ1v) is 12.8. The van der Waals surface area contributed by atoms with Gasteiger partial charge in [0.2, 0.25) is 0 Å². The van der Waals surface area contributed by atoms with E-state index in [1.54, 1.807) is 0 Å². The smallest absolute Gasteiger partial charge is 0.390 e. The van der Waals surface area contributed by atoms with Gasteiger partial charge in [0.15, 0.2) is 0 Å². The molecule has 0 spiro atoms. The molecular formula is C12H19N4O13P3. The number of aliphatic hydroxyl groups is 1. The SMILES string of the molecule is NC#CCC(OP(=O)(O)OP(=O)(O)OP(=O)(O)O)[C@H]1O[C@@H](n2ccc(N)nc2=O)C[C@@H]1O. The van der Waals surface area contributed by atoms with Crippen LogP contribution in [0.1, 0.15) is 19.1 Å². The van der Waals surface area contributed by atoms with E-state index in [1.807, 2.05) is 6.04 Å². The third-order valence-corrected chi connectivity index (χ3v) is 7.62. The highest BCUT2D eigenvalue weighted by Gasteiger charge is 2.46. The summed E-state index contributed by atoms with van der Waals surface area (Å²) in [4.78, 5) is 51.7. The molecule has 180 valence electrons. The quantitative estimate of drug-likeness (QED) is 0.111. The molecule has 9 N–H and O–H groups in total. The van der Waals surface area contributed by atoms with E-state index in [0.717, 1.165) is 4.57 Å². The molecule has 0 radical (unpaired) electrons. The molecule has 1 aliphatic rings. The Hall–Kier alpha value is -1.63. The Bertz CT molecular complexity index is 1090. The molecule has 0 amide bonds. The summed E-state index contributed by atoms with van der Waals surface area (Å²) in [6.45, 7) is 0. The van der Waals surface area contributed by atoms with Crippen molar-refractivity contribution in [3.05, 3.63) is 22.7 Å². The molecule has 2 heterocycles. The molecule has 20 heteroatoms. The predicted molar refractivity (Wildman–Crippen MR) is 103 cm³/mol. The predicted octanol–water partition coefficient (Wildman–Crippen LogP) is -1.50. The molecule has 1 aliphatic heterocycles. The Morgan fingerprint density at radius 3 is 2.47 bits per heavy atom. The van der Waals surface area contributed by atoms with Gasteiger partial charge >= 0.3 is 29.2 Å². The van der Waals surface area contributed by atoms with Gasteiger partial charge in [-0.05, 0) is 6.07 Å². The zero-order chi connectivity index (χ0) is 24.3. The van der Waals surface area contributed by atoms with Gasteiger partial charge in [0, 0.05) is 25.1 Å². The number of hydrogen-bond acceptors (Lipinski definition) is 12. The fourth-order valence-electron chi connectivity index (χ4n) is 2.67. The van der Waals surface area contributed by atoms with E-state index in [0.29, 0.717) is 0 Å². The number of nitrogens with two attached hydrogens (primary N) is 2. The van der Waals surface area contributed by atoms with Gasteiger partial charge in [-0.25, -0.2) is 18.5 Å². The van der Waals surface area contributed by atoms with E-state index in [9.17, 15) is 33.4 Å². The fourth-order valence-corrected chi connectivity index (χ4v) is 5.87. The molecule has 1 fully saturated rings. The highest BCUT2D eigenvalue weighted by Crippen LogP contribution is 2.66. The summed E-state index contributed by atoms with van der Waals surface area (Å²) < 4.78 is 52.9. The number of rotatable bonds is 9. The molecule has 32 heavy (non-hydrogen) atoms. The Balaban J connectivity index is 2.22. The second-order valence-corrected chi connectivity index (χ2v) is 10.5. The maximum Gasteiger partial charge on any atom is 0.490 e. The van der Waals surface area contributed by atoms with Crippen LogP contribution in [-0.4, -0.2) is 52.5 Å². The van der Waals surface area contributed by atoms with Gasteiger partial charge in [0.1, 0.15) is 24.3 Å². The van der Waals surface area contributed by atoms with E-state index in [4.69, 9.17) is 30.5 Å². The maximum absolute atomic E-state index is 12.1. The summed E-state index contributed by atoms with van der Waals surface area (Å²) in [5.41, 5.74) is 9.65. The lowest BCUT2D eigenvalue weighted by Gasteiger charge is -2.26. The minimum absolute atomic E-state index is 0.0647. The third-order valence-electron chi connectivity index (χ3n) is 3.75. The van der Waals surface area contributed by atoms with Crippen molar-refractivity contribution >= 4 is 29.3 Å². The first-order chi connectivity index (χ1) is 14.6. The second-order valence-electron chi connectivity index (χ2n) is 6.16. The summed E-state index contributed by atoms with van der Waals surface area (Å²) in [6, 6.07) is 3.26. The highest BCUT2D eigenvalue weighted by atomic mass is 31.3. The molecule has 0 aliphatic carbocycles. The molecule has 6 atom stereocenters. The maximum atomic E-state index is 12.1. The standard InChI is InChI=1S/C12H19N4O13P3/c13-4-1-2-8(27-31(22,23)29-32(24,25)28-30(19,20)21)11-7(17)6-10(26-11)16-5-3-9(14)15-12(16)18/h3,5,7-8,10-11,17H,2,6,13H2,(H,22,23)(H,24,25)(H2,14,15,18)(H2,19,20,21)/t7-,8?,10+,11-/m0/s1. The van der Waals surface area contributed by atoms with E-state index in [2.05, 4.69) is 19.5 Å². The number of nitrogens with zero attached hydrogens (tertiary/aromatic N) is 2. The highest BCUT2D eigenvalue weighted by molar-refractivity contribution is 7.66. The Morgan fingerprint density at radius 2 is 1.91 bits per heavy atom. The number of nitrogen functional groups attached to an aromatic ring is 1. The van der Waals surface area contributed by atoms with Crippen LogP contribution in [0.25, 0.3) is 0 Å². The van der Waals surface area contributed by atoms with Gasteiger partial charge in [-0.1, -0.05) is 5.92 Å². The van der Waals surface area contributed by atoms with Gasteiger partial charge in [0.05, 0.1) is 6.10 Å². The molecular weight excluding hydrogens is 501 g/mol. The molecule has 1 aromatic rings. The number of aliphatic hydroxyl groups excluding tert-OH is 1. The average Bonchev–Trinajstić information content (AvgIpc) is 2.96. The van der Waals surface area contributed by atoms with E-state index in [1.165, 1.54) is 12.3 Å². The van der Waals surface area contributed by atoms with Crippen molar-refractivity contribution in [3.8, 4) is 12.0 Å². The van der Waals surface area contributed by atoms with Crippen molar-refractivity contribution in [3.63, 3.8) is 0 Å².